The van der Waals surface area contributed by atoms with Crippen molar-refractivity contribution >= 4 is 17.1 Å². The maximum atomic E-state index is 14.8. The minimum atomic E-state index is -1.60. The first-order chi connectivity index (χ1) is 13.3. The molecule has 28 heavy (non-hydrogen) atoms. The van der Waals surface area contributed by atoms with Gasteiger partial charge in [0.25, 0.3) is 5.91 Å². The lowest BCUT2D eigenvalue weighted by Gasteiger charge is -2.35. The van der Waals surface area contributed by atoms with E-state index in [1.54, 1.807) is 10.4 Å². The highest BCUT2D eigenvalue weighted by atomic mass is 32.2. The third-order valence-electron chi connectivity index (χ3n) is 6.04. The molecule has 154 valence electrons. The summed E-state index contributed by atoms with van der Waals surface area (Å²) in [6.07, 6.45) is 7.33. The number of rotatable bonds is 6. The largest absolute Gasteiger partial charge is 0.490 e. The van der Waals surface area contributed by atoms with Crippen LogP contribution in [-0.4, -0.2) is 33.6 Å². The van der Waals surface area contributed by atoms with E-state index in [1.807, 2.05) is 0 Å². The van der Waals surface area contributed by atoms with Gasteiger partial charge >= 0.3 is 0 Å². The van der Waals surface area contributed by atoms with Crippen LogP contribution in [0.5, 0.6) is 5.75 Å². The third kappa shape index (κ3) is 4.40. The Morgan fingerprint density at radius 1 is 1.25 bits per heavy atom. The van der Waals surface area contributed by atoms with Crippen LogP contribution in [0.4, 0.5) is 4.39 Å². The monoisotopic (exact) mass is 408 g/mol. The average molecular weight is 409 g/mol. The molecular weight excluding hydrogens is 379 g/mol. The molecule has 3 fully saturated rings. The van der Waals surface area contributed by atoms with E-state index in [2.05, 4.69) is 18.6 Å². The first-order valence-electron chi connectivity index (χ1n) is 10.3. The van der Waals surface area contributed by atoms with Crippen molar-refractivity contribution in [3.8, 4) is 5.75 Å². The first kappa shape index (κ1) is 19.8. The van der Waals surface area contributed by atoms with Gasteiger partial charge in [0.15, 0.2) is 11.2 Å². The Labute approximate surface area is 168 Å². The first-order valence-corrected chi connectivity index (χ1v) is 11.4. The van der Waals surface area contributed by atoms with E-state index in [-0.39, 0.29) is 17.1 Å². The fourth-order valence-corrected chi connectivity index (χ4v) is 5.11. The molecule has 0 radical (unpaired) electrons. The molecule has 0 spiro atoms. The fourth-order valence-electron chi connectivity index (χ4n) is 4.12. The molecule has 2 aliphatic carbocycles. The molecule has 1 amide bonds. The highest BCUT2D eigenvalue weighted by molar-refractivity contribution is 7.81. The average Bonchev–Trinajstić information content (AvgIpc) is 3.37. The van der Waals surface area contributed by atoms with Gasteiger partial charge in [0.05, 0.1) is 11.7 Å². The Kier molecular flexibility index (Phi) is 5.49. The van der Waals surface area contributed by atoms with Crippen molar-refractivity contribution in [2.75, 3.05) is 13.1 Å². The molecule has 5 nitrogen and oxygen atoms in total. The van der Waals surface area contributed by atoms with E-state index < -0.39 is 22.9 Å². The van der Waals surface area contributed by atoms with Crippen molar-refractivity contribution in [1.29, 1.82) is 0 Å². The molecule has 7 heteroatoms. The standard InChI is InChI=1S/C21H29FN2O3S/c1-21(2)8-3-5-15(13-21)27-19-12-18(22)17(11-16(19)14-6-7-14)20(25)23-28(26)24-9-4-10-24/h11-12,14-15H,3-10,13H2,1-2H3,(H,23,25). The molecule has 1 heterocycles. The zero-order chi connectivity index (χ0) is 19.9. The maximum absolute atomic E-state index is 14.8. The van der Waals surface area contributed by atoms with Crippen molar-refractivity contribution in [2.45, 2.75) is 70.8 Å². The summed E-state index contributed by atoms with van der Waals surface area (Å²) in [7, 11) is 0. The van der Waals surface area contributed by atoms with Gasteiger partial charge in [0.1, 0.15) is 11.6 Å². The Morgan fingerprint density at radius 3 is 2.61 bits per heavy atom. The Bertz CT molecular complexity index is 790. The topological polar surface area (TPSA) is 58.6 Å². The second kappa shape index (κ2) is 7.75. The zero-order valence-electron chi connectivity index (χ0n) is 16.6. The predicted octanol–water partition coefficient (Wildman–Crippen LogP) is 4.06. The Hall–Kier alpha value is -1.47. The molecule has 1 aliphatic heterocycles. The number of halogens is 1. The van der Waals surface area contributed by atoms with Crippen LogP contribution in [0.25, 0.3) is 0 Å². The van der Waals surface area contributed by atoms with Gasteiger partial charge in [-0.05, 0) is 67.9 Å². The number of benzene rings is 1. The summed E-state index contributed by atoms with van der Waals surface area (Å²) in [4.78, 5) is 12.5. The molecule has 0 aromatic heterocycles. The highest BCUT2D eigenvalue weighted by Crippen LogP contribution is 2.46. The SMILES string of the molecule is CC1(C)CCCC(Oc2cc(F)c(C(=O)NS(=O)N3CCC3)cc2C2CC2)C1. The number of carbonyl (C=O) groups excluding carboxylic acids is 1. The van der Waals surface area contributed by atoms with E-state index in [4.69, 9.17) is 4.74 Å². The Balaban J connectivity index is 1.52. The third-order valence-corrected chi connectivity index (χ3v) is 7.24. The van der Waals surface area contributed by atoms with E-state index in [0.29, 0.717) is 24.8 Å². The molecule has 1 aromatic rings. The van der Waals surface area contributed by atoms with Crippen LogP contribution in [0.3, 0.4) is 0 Å². The number of nitrogens with one attached hydrogen (secondary N) is 1. The summed E-state index contributed by atoms with van der Waals surface area (Å²) in [6, 6.07) is 2.97. The number of carbonyl (C=O) groups is 1. The maximum Gasteiger partial charge on any atom is 0.266 e. The van der Waals surface area contributed by atoms with Gasteiger partial charge in [0.2, 0.25) is 0 Å². The van der Waals surface area contributed by atoms with Gasteiger partial charge in [-0.2, -0.15) is 0 Å². The van der Waals surface area contributed by atoms with Crippen LogP contribution in [0, 0.1) is 11.2 Å². The van der Waals surface area contributed by atoms with Crippen LogP contribution >= 0.6 is 0 Å². The number of ether oxygens (including phenoxy) is 1. The number of nitrogens with zero attached hydrogens (tertiary/aromatic N) is 1. The van der Waals surface area contributed by atoms with Crippen molar-refractivity contribution in [1.82, 2.24) is 9.03 Å². The quantitative estimate of drug-likeness (QED) is 0.772. The lowest BCUT2D eigenvalue weighted by Crippen LogP contribution is -2.45. The van der Waals surface area contributed by atoms with Crippen molar-refractivity contribution in [2.24, 2.45) is 5.41 Å². The number of hydrogen-bond acceptors (Lipinski definition) is 3. The normalized spacial score (nSPS) is 25.6. The molecule has 2 unspecified atom stereocenters. The van der Waals surface area contributed by atoms with Crippen molar-refractivity contribution in [3.63, 3.8) is 0 Å². The Morgan fingerprint density at radius 2 is 2.00 bits per heavy atom. The van der Waals surface area contributed by atoms with Crippen molar-refractivity contribution in [3.05, 3.63) is 29.1 Å². The van der Waals surface area contributed by atoms with E-state index in [9.17, 15) is 13.4 Å². The minimum Gasteiger partial charge on any atom is -0.490 e. The molecule has 4 rings (SSSR count). The summed E-state index contributed by atoms with van der Waals surface area (Å²) in [6.45, 7) is 5.87. The lowest BCUT2D eigenvalue weighted by molar-refractivity contribution is 0.0840. The summed E-state index contributed by atoms with van der Waals surface area (Å²) in [5.41, 5.74) is 1.10. The van der Waals surface area contributed by atoms with Crippen LogP contribution in [0.2, 0.25) is 0 Å². The van der Waals surface area contributed by atoms with Gasteiger partial charge in [-0.15, -0.1) is 0 Å². The molecule has 1 aromatic carbocycles. The minimum absolute atomic E-state index is 0.0490. The van der Waals surface area contributed by atoms with Crippen LogP contribution in [0.15, 0.2) is 12.1 Å². The molecule has 1 N–H and O–H groups in total. The molecular formula is C21H29FN2O3S. The van der Waals surface area contributed by atoms with Gasteiger partial charge in [-0.25, -0.2) is 12.9 Å². The molecule has 1 saturated heterocycles. The zero-order valence-corrected chi connectivity index (χ0v) is 17.4. The van der Waals surface area contributed by atoms with E-state index in [1.165, 1.54) is 12.5 Å². The van der Waals surface area contributed by atoms with Crippen LogP contribution < -0.4 is 9.46 Å². The second-order valence-electron chi connectivity index (χ2n) is 9.11. The summed E-state index contributed by atoms with van der Waals surface area (Å²) in [5, 5.41) is 0. The van der Waals surface area contributed by atoms with E-state index >= 15 is 0 Å². The molecule has 0 bridgehead atoms. The van der Waals surface area contributed by atoms with Gasteiger partial charge in [-0.1, -0.05) is 13.8 Å². The predicted molar refractivity (Wildman–Crippen MR) is 107 cm³/mol. The number of hydrogen-bond donors (Lipinski definition) is 1. The smallest absolute Gasteiger partial charge is 0.266 e. The molecule has 3 aliphatic rings. The number of amides is 1. The van der Waals surface area contributed by atoms with Gasteiger partial charge in [0, 0.05) is 19.2 Å². The summed E-state index contributed by atoms with van der Waals surface area (Å²) < 4.78 is 37.2. The molecule has 2 atom stereocenters. The summed E-state index contributed by atoms with van der Waals surface area (Å²) in [5.74, 6) is -0.356. The van der Waals surface area contributed by atoms with Gasteiger partial charge in [-0.3, -0.25) is 9.52 Å². The molecule has 2 saturated carbocycles. The van der Waals surface area contributed by atoms with Crippen molar-refractivity contribution < 1.29 is 18.1 Å². The lowest BCUT2D eigenvalue weighted by atomic mass is 9.76. The van der Waals surface area contributed by atoms with Crippen LogP contribution in [0.1, 0.15) is 80.6 Å². The van der Waals surface area contributed by atoms with E-state index in [0.717, 1.165) is 44.1 Å². The fraction of sp³-hybridized carbons (Fsp3) is 0.667. The van der Waals surface area contributed by atoms with Crippen LogP contribution in [-0.2, 0) is 11.2 Å². The highest BCUT2D eigenvalue weighted by Gasteiger charge is 2.33. The summed E-state index contributed by atoms with van der Waals surface area (Å²) >= 11 is -1.60. The van der Waals surface area contributed by atoms with Gasteiger partial charge < -0.3 is 4.74 Å². The second-order valence-corrected chi connectivity index (χ2v) is 10.3.